The Balaban J connectivity index is 2.64. The van der Waals surface area contributed by atoms with Gasteiger partial charge in [0.2, 0.25) is 0 Å². The van der Waals surface area contributed by atoms with E-state index in [1.807, 2.05) is 11.9 Å². The standard InChI is InChI=1S/C11H19N5O4/c1-15(5-6-19-2)9-7-10(17)16(13-8-9)4-3-11(18)20-14-12/h7-8,14H,3-6,12H2,1-2H3. The summed E-state index contributed by atoms with van der Waals surface area (Å²) in [6.07, 6.45) is 1.56. The van der Waals surface area contributed by atoms with E-state index in [-0.39, 0.29) is 18.5 Å². The van der Waals surface area contributed by atoms with E-state index in [1.54, 1.807) is 18.9 Å². The Morgan fingerprint density at radius 1 is 1.60 bits per heavy atom. The molecule has 0 aliphatic carbocycles. The van der Waals surface area contributed by atoms with Crippen LogP contribution in [0.1, 0.15) is 6.42 Å². The molecule has 9 nitrogen and oxygen atoms in total. The third-order valence-electron chi connectivity index (χ3n) is 2.63. The largest absolute Gasteiger partial charge is 0.383 e. The first-order valence-corrected chi connectivity index (χ1v) is 6.01. The Kier molecular flexibility index (Phi) is 6.64. The first-order valence-electron chi connectivity index (χ1n) is 6.01. The average molecular weight is 285 g/mol. The normalized spacial score (nSPS) is 10.3. The van der Waals surface area contributed by atoms with Gasteiger partial charge in [0.1, 0.15) is 0 Å². The zero-order valence-corrected chi connectivity index (χ0v) is 11.5. The third-order valence-corrected chi connectivity index (χ3v) is 2.63. The zero-order chi connectivity index (χ0) is 15.0. The van der Waals surface area contributed by atoms with Gasteiger partial charge in [-0.15, -0.1) is 0 Å². The number of likely N-dealkylation sites (N-methyl/N-ethyl adjacent to an activating group) is 1. The zero-order valence-electron chi connectivity index (χ0n) is 11.5. The van der Waals surface area contributed by atoms with Gasteiger partial charge < -0.3 is 14.5 Å². The molecule has 0 unspecified atom stereocenters. The van der Waals surface area contributed by atoms with Gasteiger partial charge in [-0.1, -0.05) is 5.59 Å². The second-order valence-electron chi connectivity index (χ2n) is 4.03. The summed E-state index contributed by atoms with van der Waals surface area (Å²) in [6, 6.07) is 1.45. The molecule has 0 saturated carbocycles. The molecule has 9 heteroatoms. The molecular weight excluding hydrogens is 266 g/mol. The van der Waals surface area contributed by atoms with Crippen LogP contribution >= 0.6 is 0 Å². The van der Waals surface area contributed by atoms with Crippen LogP contribution in [-0.2, 0) is 20.9 Å². The van der Waals surface area contributed by atoms with Crippen molar-refractivity contribution in [1.29, 1.82) is 0 Å². The summed E-state index contributed by atoms with van der Waals surface area (Å²) >= 11 is 0. The fraction of sp³-hybridized carbons (Fsp3) is 0.545. The predicted octanol–water partition coefficient (Wildman–Crippen LogP) is -1.36. The van der Waals surface area contributed by atoms with Crippen LogP contribution in [0.4, 0.5) is 5.69 Å². The predicted molar refractivity (Wildman–Crippen MR) is 71.7 cm³/mol. The average Bonchev–Trinajstić information content (AvgIpc) is 2.43. The molecule has 0 saturated heterocycles. The number of nitrogens with one attached hydrogen (secondary N) is 1. The fourth-order valence-electron chi connectivity index (χ4n) is 1.47. The minimum absolute atomic E-state index is 0.00400. The maximum absolute atomic E-state index is 11.8. The highest BCUT2D eigenvalue weighted by atomic mass is 16.7. The number of carbonyl (C=O) groups is 1. The molecule has 0 aromatic carbocycles. The SMILES string of the molecule is COCCN(C)c1cnn(CCC(=O)ONN)c(=O)c1. The van der Waals surface area contributed by atoms with E-state index in [4.69, 9.17) is 10.6 Å². The molecular formula is C11H19N5O4. The summed E-state index contributed by atoms with van der Waals surface area (Å²) in [5, 5.41) is 4.00. The second-order valence-corrected chi connectivity index (χ2v) is 4.03. The highest BCUT2D eigenvalue weighted by molar-refractivity contribution is 5.68. The molecule has 0 amide bonds. The minimum Gasteiger partial charge on any atom is -0.383 e. The van der Waals surface area contributed by atoms with Gasteiger partial charge in [-0.05, 0) is 0 Å². The van der Waals surface area contributed by atoms with Crippen LogP contribution < -0.4 is 21.9 Å². The van der Waals surface area contributed by atoms with Gasteiger partial charge in [0, 0.05) is 26.8 Å². The van der Waals surface area contributed by atoms with Crippen molar-refractivity contribution in [1.82, 2.24) is 15.4 Å². The number of rotatable bonds is 8. The van der Waals surface area contributed by atoms with Crippen LogP contribution in [-0.4, -0.2) is 43.1 Å². The van der Waals surface area contributed by atoms with Crippen molar-refractivity contribution in [2.45, 2.75) is 13.0 Å². The van der Waals surface area contributed by atoms with Gasteiger partial charge >= 0.3 is 5.97 Å². The number of methoxy groups -OCH3 is 1. The lowest BCUT2D eigenvalue weighted by atomic mass is 10.4. The summed E-state index contributed by atoms with van der Waals surface area (Å²) in [4.78, 5) is 29.1. The number of hydrazine groups is 1. The summed E-state index contributed by atoms with van der Waals surface area (Å²) in [5.41, 5.74) is 2.18. The number of hydrogen-bond acceptors (Lipinski definition) is 8. The Morgan fingerprint density at radius 2 is 2.35 bits per heavy atom. The van der Waals surface area contributed by atoms with Gasteiger partial charge in [-0.25, -0.2) is 10.5 Å². The number of aryl methyl sites for hydroxylation is 1. The first-order chi connectivity index (χ1) is 9.58. The van der Waals surface area contributed by atoms with Gasteiger partial charge in [0.25, 0.3) is 5.56 Å². The molecule has 1 heterocycles. The highest BCUT2D eigenvalue weighted by Crippen LogP contribution is 2.06. The molecule has 20 heavy (non-hydrogen) atoms. The van der Waals surface area contributed by atoms with Crippen molar-refractivity contribution in [2.75, 3.05) is 32.2 Å². The molecule has 0 aliphatic rings. The molecule has 0 spiro atoms. The van der Waals surface area contributed by atoms with Crippen LogP contribution in [0.5, 0.6) is 0 Å². The van der Waals surface area contributed by atoms with E-state index in [2.05, 4.69) is 9.94 Å². The van der Waals surface area contributed by atoms with E-state index < -0.39 is 5.97 Å². The Labute approximate surface area is 116 Å². The van der Waals surface area contributed by atoms with E-state index in [0.717, 1.165) is 0 Å². The highest BCUT2D eigenvalue weighted by Gasteiger charge is 2.07. The van der Waals surface area contributed by atoms with Gasteiger partial charge in [-0.3, -0.25) is 9.59 Å². The van der Waals surface area contributed by atoms with Crippen LogP contribution in [0, 0.1) is 0 Å². The van der Waals surface area contributed by atoms with E-state index in [1.165, 1.54) is 10.7 Å². The number of ether oxygens (including phenoxy) is 1. The number of aromatic nitrogens is 2. The van der Waals surface area contributed by atoms with Gasteiger partial charge in [-0.2, -0.15) is 5.10 Å². The molecule has 0 radical (unpaired) electrons. The molecule has 0 aliphatic heterocycles. The quantitative estimate of drug-likeness (QED) is 0.445. The maximum atomic E-state index is 11.8. The smallest absolute Gasteiger partial charge is 0.328 e. The van der Waals surface area contributed by atoms with Crippen molar-refractivity contribution < 1.29 is 14.4 Å². The molecule has 0 bridgehead atoms. The van der Waals surface area contributed by atoms with Gasteiger partial charge in [0.15, 0.2) is 0 Å². The van der Waals surface area contributed by atoms with Crippen molar-refractivity contribution in [2.24, 2.45) is 5.84 Å². The Hall–Kier alpha value is -1.97. The number of carbonyl (C=O) groups excluding carboxylic acids is 1. The first kappa shape index (κ1) is 16.1. The van der Waals surface area contributed by atoms with Crippen molar-refractivity contribution in [3.8, 4) is 0 Å². The molecule has 0 atom stereocenters. The van der Waals surface area contributed by atoms with Crippen molar-refractivity contribution in [3.05, 3.63) is 22.6 Å². The second kappa shape index (κ2) is 8.25. The van der Waals surface area contributed by atoms with Crippen LogP contribution in [0.2, 0.25) is 0 Å². The number of anilines is 1. The molecule has 1 aromatic heterocycles. The lowest BCUT2D eigenvalue weighted by molar-refractivity contribution is -0.151. The van der Waals surface area contributed by atoms with E-state index >= 15 is 0 Å². The summed E-state index contributed by atoms with van der Waals surface area (Å²) in [7, 11) is 3.45. The molecule has 0 fully saturated rings. The monoisotopic (exact) mass is 285 g/mol. The fourth-order valence-corrected chi connectivity index (χ4v) is 1.47. The Morgan fingerprint density at radius 3 is 2.95 bits per heavy atom. The molecule has 1 aromatic rings. The number of nitrogens with two attached hydrogens (primary N) is 1. The lowest BCUT2D eigenvalue weighted by Crippen LogP contribution is -2.30. The van der Waals surface area contributed by atoms with Crippen LogP contribution in [0.25, 0.3) is 0 Å². The van der Waals surface area contributed by atoms with Crippen LogP contribution in [0.15, 0.2) is 17.1 Å². The van der Waals surface area contributed by atoms with Crippen LogP contribution in [0.3, 0.4) is 0 Å². The maximum Gasteiger partial charge on any atom is 0.328 e. The lowest BCUT2D eigenvalue weighted by Gasteiger charge is -2.18. The van der Waals surface area contributed by atoms with Crippen molar-refractivity contribution in [3.63, 3.8) is 0 Å². The number of hydrogen-bond donors (Lipinski definition) is 2. The van der Waals surface area contributed by atoms with Gasteiger partial charge in [0.05, 0.1) is 31.5 Å². The summed E-state index contributed by atoms with van der Waals surface area (Å²) in [6.45, 7) is 1.33. The summed E-state index contributed by atoms with van der Waals surface area (Å²) < 4.78 is 6.15. The molecule has 3 N–H and O–H groups in total. The third kappa shape index (κ3) is 4.96. The molecule has 112 valence electrons. The van der Waals surface area contributed by atoms with E-state index in [0.29, 0.717) is 18.8 Å². The molecule has 1 rings (SSSR count). The topological polar surface area (TPSA) is 112 Å². The Bertz CT molecular complexity index is 490. The summed E-state index contributed by atoms with van der Waals surface area (Å²) in [5.74, 6) is 4.26. The van der Waals surface area contributed by atoms with Crippen molar-refractivity contribution >= 4 is 11.7 Å². The van der Waals surface area contributed by atoms with E-state index in [9.17, 15) is 9.59 Å². The minimum atomic E-state index is -0.567. The number of nitrogens with zero attached hydrogens (tertiary/aromatic N) is 3.